The maximum atomic E-state index is 11.5. The summed E-state index contributed by atoms with van der Waals surface area (Å²) in [7, 11) is 0. The van der Waals surface area contributed by atoms with Gasteiger partial charge in [0.05, 0.1) is 11.0 Å². The Morgan fingerprint density at radius 1 is 1.28 bits per heavy atom. The number of aromatic nitrogens is 2. The zero-order chi connectivity index (χ0) is 17.6. The number of hydrogen-bond acceptors (Lipinski definition) is 7. The molecule has 0 bridgehead atoms. The van der Waals surface area contributed by atoms with Gasteiger partial charge in [0, 0.05) is 18.8 Å². The molecule has 2 aromatic rings. The summed E-state index contributed by atoms with van der Waals surface area (Å²) in [6.07, 6.45) is 4.27. The third-order valence-electron chi connectivity index (χ3n) is 4.15. The highest BCUT2D eigenvalue weighted by Gasteiger charge is 2.24. The maximum Gasteiger partial charge on any atom is 0.353 e. The zero-order valence-electron chi connectivity index (χ0n) is 14.1. The smallest absolute Gasteiger partial charge is 0.353 e. The lowest BCUT2D eigenvalue weighted by Crippen LogP contribution is -2.20. The van der Waals surface area contributed by atoms with Gasteiger partial charge >= 0.3 is 5.69 Å². The van der Waals surface area contributed by atoms with E-state index in [-0.39, 0.29) is 23.4 Å². The third-order valence-corrected chi connectivity index (χ3v) is 4.15. The van der Waals surface area contributed by atoms with Crippen molar-refractivity contribution in [3.05, 3.63) is 46.3 Å². The van der Waals surface area contributed by atoms with Crippen LogP contribution in [-0.4, -0.2) is 34.1 Å². The summed E-state index contributed by atoms with van der Waals surface area (Å²) in [5.74, 6) is 0.363. The Hall–Kier alpha value is -2.74. The summed E-state index contributed by atoms with van der Waals surface area (Å²) < 4.78 is 5.53. The Labute approximate surface area is 145 Å². The van der Waals surface area contributed by atoms with E-state index in [4.69, 9.17) is 4.74 Å². The third kappa shape index (κ3) is 4.21. The van der Waals surface area contributed by atoms with Gasteiger partial charge < -0.3 is 15.4 Å². The molecule has 1 aromatic carbocycles. The van der Waals surface area contributed by atoms with E-state index in [9.17, 15) is 10.1 Å². The number of ether oxygens (including phenoxy) is 1. The van der Waals surface area contributed by atoms with Gasteiger partial charge in [-0.15, -0.1) is 0 Å². The van der Waals surface area contributed by atoms with Crippen molar-refractivity contribution in [1.29, 1.82) is 0 Å². The van der Waals surface area contributed by atoms with Crippen LogP contribution in [0.15, 0.2) is 30.6 Å². The van der Waals surface area contributed by atoms with Crippen LogP contribution in [0.3, 0.4) is 0 Å². The fourth-order valence-electron chi connectivity index (χ4n) is 2.75. The van der Waals surface area contributed by atoms with Gasteiger partial charge in [-0.2, -0.15) is 0 Å². The molecule has 25 heavy (non-hydrogen) atoms. The van der Waals surface area contributed by atoms with Crippen LogP contribution in [0.25, 0.3) is 0 Å². The minimum atomic E-state index is -0.472. The lowest BCUT2D eigenvalue weighted by atomic mass is 10.1. The number of hydrogen-bond donors (Lipinski definition) is 2. The fraction of sp³-hybridized carbons (Fsp3) is 0.412. The standard InChI is InChI=1S/C17H21N5O3/c1-2-12-5-7-13(8-6-12)21-17-15(22(23)24)16(19-11-20-17)18-10-14-4-3-9-25-14/h5-8,11,14H,2-4,9-10H2,1H3,(H2,18,19,20,21). The van der Waals surface area contributed by atoms with Crippen LogP contribution in [-0.2, 0) is 11.2 Å². The van der Waals surface area contributed by atoms with Crippen LogP contribution in [0.4, 0.5) is 23.0 Å². The van der Waals surface area contributed by atoms with E-state index in [1.165, 1.54) is 11.9 Å². The molecule has 2 heterocycles. The SMILES string of the molecule is CCc1ccc(Nc2ncnc(NCC3CCCO3)c2[N+](=O)[O-])cc1. The number of rotatable bonds is 7. The van der Waals surface area contributed by atoms with Crippen molar-refractivity contribution in [1.82, 2.24) is 9.97 Å². The Morgan fingerprint density at radius 3 is 2.68 bits per heavy atom. The van der Waals surface area contributed by atoms with Crippen LogP contribution >= 0.6 is 0 Å². The monoisotopic (exact) mass is 343 g/mol. The maximum absolute atomic E-state index is 11.5. The molecule has 1 fully saturated rings. The van der Waals surface area contributed by atoms with Gasteiger partial charge in [-0.05, 0) is 37.0 Å². The lowest BCUT2D eigenvalue weighted by Gasteiger charge is -2.13. The number of aryl methyl sites for hydroxylation is 1. The Balaban J connectivity index is 1.79. The predicted molar refractivity (Wildman–Crippen MR) is 95.3 cm³/mol. The molecule has 1 aliphatic rings. The highest BCUT2D eigenvalue weighted by Crippen LogP contribution is 2.31. The minimum Gasteiger partial charge on any atom is -0.376 e. The van der Waals surface area contributed by atoms with Gasteiger partial charge in [0.1, 0.15) is 6.33 Å². The molecule has 132 valence electrons. The lowest BCUT2D eigenvalue weighted by molar-refractivity contribution is -0.383. The van der Waals surface area contributed by atoms with Crippen molar-refractivity contribution in [2.75, 3.05) is 23.8 Å². The van der Waals surface area contributed by atoms with E-state index >= 15 is 0 Å². The van der Waals surface area contributed by atoms with Gasteiger partial charge in [0.15, 0.2) is 0 Å². The van der Waals surface area contributed by atoms with Crippen LogP contribution in [0, 0.1) is 10.1 Å². The zero-order valence-corrected chi connectivity index (χ0v) is 14.1. The Kier molecular flexibility index (Phi) is 5.39. The highest BCUT2D eigenvalue weighted by molar-refractivity contribution is 5.73. The average Bonchev–Trinajstić information content (AvgIpc) is 3.14. The number of nitrogens with one attached hydrogen (secondary N) is 2. The van der Waals surface area contributed by atoms with Gasteiger partial charge in [-0.1, -0.05) is 19.1 Å². The van der Waals surface area contributed by atoms with Crippen molar-refractivity contribution in [2.45, 2.75) is 32.3 Å². The summed E-state index contributed by atoms with van der Waals surface area (Å²) in [5, 5.41) is 17.6. The first-order valence-corrected chi connectivity index (χ1v) is 8.38. The molecule has 0 spiro atoms. The van der Waals surface area contributed by atoms with E-state index in [0.717, 1.165) is 31.6 Å². The normalized spacial score (nSPS) is 16.6. The summed E-state index contributed by atoms with van der Waals surface area (Å²) >= 11 is 0. The number of benzene rings is 1. The number of anilines is 3. The second-order valence-electron chi connectivity index (χ2n) is 5.87. The summed E-state index contributed by atoms with van der Waals surface area (Å²) in [4.78, 5) is 19.1. The quantitative estimate of drug-likeness (QED) is 0.587. The average molecular weight is 343 g/mol. The van der Waals surface area contributed by atoms with Crippen LogP contribution in [0.5, 0.6) is 0 Å². The molecule has 0 saturated carbocycles. The molecule has 0 radical (unpaired) electrons. The van der Waals surface area contributed by atoms with Crippen molar-refractivity contribution < 1.29 is 9.66 Å². The van der Waals surface area contributed by atoms with Crippen molar-refractivity contribution >= 4 is 23.0 Å². The number of nitro groups is 1. The first kappa shape index (κ1) is 17.1. The van der Waals surface area contributed by atoms with E-state index in [1.807, 2.05) is 24.3 Å². The van der Waals surface area contributed by atoms with Crippen molar-refractivity contribution in [2.24, 2.45) is 0 Å². The predicted octanol–water partition coefficient (Wildman–Crippen LogP) is 3.28. The molecule has 1 atom stereocenters. The second-order valence-corrected chi connectivity index (χ2v) is 5.87. The van der Waals surface area contributed by atoms with Crippen molar-refractivity contribution in [3.63, 3.8) is 0 Å². The molecule has 0 amide bonds. The molecule has 2 N–H and O–H groups in total. The Morgan fingerprint density at radius 2 is 2.04 bits per heavy atom. The Bertz CT molecular complexity index is 730. The van der Waals surface area contributed by atoms with Crippen LogP contribution in [0.2, 0.25) is 0 Å². The molecule has 3 rings (SSSR count). The van der Waals surface area contributed by atoms with Crippen molar-refractivity contribution in [3.8, 4) is 0 Å². The molecule has 1 saturated heterocycles. The summed E-state index contributed by atoms with van der Waals surface area (Å²) in [6.45, 7) is 3.30. The van der Waals surface area contributed by atoms with Gasteiger partial charge in [-0.3, -0.25) is 10.1 Å². The van der Waals surface area contributed by atoms with E-state index in [0.29, 0.717) is 6.54 Å². The molecular formula is C17H21N5O3. The molecule has 8 nitrogen and oxygen atoms in total. The fourth-order valence-corrected chi connectivity index (χ4v) is 2.75. The molecule has 0 aliphatic carbocycles. The van der Waals surface area contributed by atoms with E-state index in [1.54, 1.807) is 0 Å². The largest absolute Gasteiger partial charge is 0.376 e. The molecular weight excluding hydrogens is 322 g/mol. The number of nitrogens with zero attached hydrogens (tertiary/aromatic N) is 3. The minimum absolute atomic E-state index is 0.0626. The van der Waals surface area contributed by atoms with Crippen LogP contribution in [0.1, 0.15) is 25.3 Å². The summed E-state index contributed by atoms with van der Waals surface area (Å²) in [6, 6.07) is 7.71. The van der Waals surface area contributed by atoms with Gasteiger partial charge in [0.2, 0.25) is 11.6 Å². The summed E-state index contributed by atoms with van der Waals surface area (Å²) in [5.41, 5.74) is 1.77. The van der Waals surface area contributed by atoms with Gasteiger partial charge in [-0.25, -0.2) is 9.97 Å². The highest BCUT2D eigenvalue weighted by atomic mass is 16.6. The van der Waals surface area contributed by atoms with Gasteiger partial charge in [0.25, 0.3) is 0 Å². The molecule has 1 unspecified atom stereocenters. The van der Waals surface area contributed by atoms with Crippen LogP contribution < -0.4 is 10.6 Å². The molecule has 1 aliphatic heterocycles. The van der Waals surface area contributed by atoms with E-state index < -0.39 is 4.92 Å². The molecule has 1 aromatic heterocycles. The van der Waals surface area contributed by atoms with E-state index in [2.05, 4.69) is 27.5 Å². The molecule has 8 heteroatoms. The topological polar surface area (TPSA) is 102 Å². The first-order chi connectivity index (χ1) is 12.2. The first-order valence-electron chi connectivity index (χ1n) is 8.38. The second kappa shape index (κ2) is 7.89.